The highest BCUT2D eigenvalue weighted by Gasteiger charge is 2.40. The zero-order valence-electron chi connectivity index (χ0n) is 20.5. The molecule has 0 spiro atoms. The Morgan fingerprint density at radius 2 is 1.85 bits per heavy atom. The van der Waals surface area contributed by atoms with Crippen molar-refractivity contribution in [3.05, 3.63) is 29.6 Å². The van der Waals surface area contributed by atoms with Crippen LogP contribution in [0.15, 0.2) is 18.2 Å². The van der Waals surface area contributed by atoms with Crippen molar-refractivity contribution in [1.82, 2.24) is 25.5 Å². The number of nitrogens with one attached hydrogen (secondary N) is 3. The highest BCUT2D eigenvalue weighted by molar-refractivity contribution is 5.90. The molecular formula is C26H39N5O2. The van der Waals surface area contributed by atoms with E-state index in [1.54, 1.807) is 7.05 Å². The number of imidazole rings is 1. The number of amides is 2. The van der Waals surface area contributed by atoms with Crippen LogP contribution in [0.5, 0.6) is 0 Å². The Balaban J connectivity index is 1.61. The molecule has 1 aliphatic heterocycles. The number of aromatic nitrogens is 2. The molecule has 1 saturated carbocycles. The first-order valence-corrected chi connectivity index (χ1v) is 12.7. The number of nitrogens with zero attached hydrogens (tertiary/aromatic N) is 2. The molecule has 3 N–H and O–H groups in total. The van der Waals surface area contributed by atoms with E-state index in [1.807, 2.05) is 11.8 Å². The Morgan fingerprint density at radius 1 is 1.09 bits per heavy atom. The maximum absolute atomic E-state index is 13.9. The summed E-state index contributed by atoms with van der Waals surface area (Å²) in [6.07, 6.45) is 7.27. The molecule has 1 aromatic heterocycles. The summed E-state index contributed by atoms with van der Waals surface area (Å²) < 4.78 is 0. The first kappa shape index (κ1) is 23.7. The molecule has 0 radical (unpaired) electrons. The molecule has 7 heteroatoms. The lowest BCUT2D eigenvalue weighted by molar-refractivity contribution is -0.139. The van der Waals surface area contributed by atoms with Crippen LogP contribution < -0.4 is 10.6 Å². The maximum atomic E-state index is 13.9. The fourth-order valence-corrected chi connectivity index (χ4v) is 5.45. The van der Waals surface area contributed by atoms with Crippen molar-refractivity contribution >= 4 is 22.8 Å². The predicted molar refractivity (Wildman–Crippen MR) is 131 cm³/mol. The van der Waals surface area contributed by atoms with Crippen LogP contribution in [0.2, 0.25) is 0 Å². The first-order valence-electron chi connectivity index (χ1n) is 12.7. The summed E-state index contributed by atoms with van der Waals surface area (Å²) in [5.74, 6) is 1.38. The molecule has 1 aromatic carbocycles. The summed E-state index contributed by atoms with van der Waals surface area (Å²) in [4.78, 5) is 37.1. The summed E-state index contributed by atoms with van der Waals surface area (Å²) in [5, 5.41) is 6.11. The molecule has 4 rings (SSSR count). The minimum absolute atomic E-state index is 0.0468. The molecule has 2 aromatic rings. The van der Waals surface area contributed by atoms with E-state index < -0.39 is 6.04 Å². The number of carbonyl (C=O) groups is 2. The summed E-state index contributed by atoms with van der Waals surface area (Å²) in [7, 11) is 1.77. The number of fused-ring (bicyclic) bond motifs is 1. The Bertz CT molecular complexity index is 978. The lowest BCUT2D eigenvalue weighted by Crippen LogP contribution is -2.55. The van der Waals surface area contributed by atoms with Gasteiger partial charge in [-0.3, -0.25) is 9.59 Å². The Morgan fingerprint density at radius 3 is 2.55 bits per heavy atom. The number of para-hydroxylation sites is 1. The number of hydrogen-bond donors (Lipinski definition) is 3. The number of aromatic amines is 1. The number of likely N-dealkylation sites (tertiary alicyclic amines) is 1. The lowest BCUT2D eigenvalue weighted by atomic mass is 9.83. The zero-order chi connectivity index (χ0) is 23.5. The standard InChI is InChI=1S/C26H39N5O2/c1-16(2)19-12-8-13-20-23(19)29-24(28-20)21-14-9-15-31(21)26(33)22(18-10-6-5-7-11-18)30-25(32)17(3)27-4/h8,12-13,16-18,21-22,27H,5-7,9-11,14-15H2,1-4H3,(H,28,29)(H,30,32)/t17-,21-,22-/m0/s1. The molecule has 0 unspecified atom stereocenters. The Kier molecular flexibility index (Phi) is 7.37. The number of carbonyl (C=O) groups excluding carboxylic acids is 2. The van der Waals surface area contributed by atoms with Crippen molar-refractivity contribution in [3.8, 4) is 0 Å². The van der Waals surface area contributed by atoms with E-state index in [1.165, 1.54) is 12.0 Å². The van der Waals surface area contributed by atoms with Crippen LogP contribution in [0.1, 0.15) is 89.1 Å². The van der Waals surface area contributed by atoms with E-state index in [0.717, 1.165) is 55.4 Å². The average molecular weight is 454 g/mol. The fraction of sp³-hybridized carbons (Fsp3) is 0.654. The molecule has 1 aliphatic carbocycles. The SMILES string of the molecule is CN[C@@H](C)C(=O)N[C@H](C(=O)N1CCC[C@H]1c1nc2c(C(C)C)cccc2[nH]1)C1CCCCC1. The molecule has 2 amide bonds. The van der Waals surface area contributed by atoms with Crippen molar-refractivity contribution < 1.29 is 9.59 Å². The molecule has 3 atom stereocenters. The molecule has 7 nitrogen and oxygen atoms in total. The van der Waals surface area contributed by atoms with Gasteiger partial charge in [0.2, 0.25) is 11.8 Å². The lowest BCUT2D eigenvalue weighted by Gasteiger charge is -2.35. The summed E-state index contributed by atoms with van der Waals surface area (Å²) in [6.45, 7) is 6.89. The minimum atomic E-state index is -0.468. The van der Waals surface area contributed by atoms with Gasteiger partial charge in [0.05, 0.1) is 23.1 Å². The third-order valence-corrected chi connectivity index (χ3v) is 7.55. The molecular weight excluding hydrogens is 414 g/mol. The van der Waals surface area contributed by atoms with Crippen molar-refractivity contribution in [3.63, 3.8) is 0 Å². The van der Waals surface area contributed by atoms with E-state index in [0.29, 0.717) is 12.5 Å². The van der Waals surface area contributed by atoms with E-state index in [2.05, 4.69) is 47.7 Å². The van der Waals surface area contributed by atoms with Crippen LogP contribution >= 0.6 is 0 Å². The molecule has 2 aliphatic rings. The van der Waals surface area contributed by atoms with Crippen molar-refractivity contribution in [1.29, 1.82) is 0 Å². The van der Waals surface area contributed by atoms with Gasteiger partial charge < -0.3 is 20.5 Å². The quantitative estimate of drug-likeness (QED) is 0.591. The van der Waals surface area contributed by atoms with Gasteiger partial charge in [0.1, 0.15) is 11.9 Å². The monoisotopic (exact) mass is 453 g/mol. The van der Waals surface area contributed by atoms with Gasteiger partial charge in [-0.2, -0.15) is 0 Å². The molecule has 2 fully saturated rings. The largest absolute Gasteiger partial charge is 0.343 e. The second-order valence-corrected chi connectivity index (χ2v) is 10.1. The van der Waals surface area contributed by atoms with Crippen LogP contribution in [0.4, 0.5) is 0 Å². The van der Waals surface area contributed by atoms with Crippen LogP contribution in [0, 0.1) is 5.92 Å². The van der Waals surface area contributed by atoms with Crippen LogP contribution in [-0.2, 0) is 9.59 Å². The van der Waals surface area contributed by atoms with Gasteiger partial charge in [-0.05, 0) is 63.1 Å². The fourth-order valence-electron chi connectivity index (χ4n) is 5.45. The number of likely N-dealkylation sites (N-methyl/N-ethyl adjacent to an activating group) is 1. The van der Waals surface area contributed by atoms with Gasteiger partial charge in [-0.15, -0.1) is 0 Å². The number of rotatable bonds is 7. The van der Waals surface area contributed by atoms with Gasteiger partial charge in [-0.1, -0.05) is 45.2 Å². The molecule has 33 heavy (non-hydrogen) atoms. The third-order valence-electron chi connectivity index (χ3n) is 7.55. The van der Waals surface area contributed by atoms with Crippen molar-refractivity contribution in [2.45, 2.75) is 89.8 Å². The predicted octanol–water partition coefficient (Wildman–Crippen LogP) is 4.02. The molecule has 1 saturated heterocycles. The average Bonchev–Trinajstić information content (AvgIpc) is 3.48. The molecule has 180 valence electrons. The van der Waals surface area contributed by atoms with E-state index in [4.69, 9.17) is 4.98 Å². The number of H-pyrrole nitrogens is 1. The summed E-state index contributed by atoms with van der Waals surface area (Å²) >= 11 is 0. The second kappa shape index (κ2) is 10.2. The summed E-state index contributed by atoms with van der Waals surface area (Å²) in [5.41, 5.74) is 3.25. The highest BCUT2D eigenvalue weighted by atomic mass is 16.2. The Hall–Kier alpha value is -2.41. The third kappa shape index (κ3) is 4.93. The van der Waals surface area contributed by atoms with Gasteiger partial charge in [0.25, 0.3) is 0 Å². The van der Waals surface area contributed by atoms with Crippen molar-refractivity contribution in [2.75, 3.05) is 13.6 Å². The first-order chi connectivity index (χ1) is 15.9. The van der Waals surface area contributed by atoms with E-state index >= 15 is 0 Å². The van der Waals surface area contributed by atoms with Crippen molar-refractivity contribution in [2.24, 2.45) is 5.92 Å². The van der Waals surface area contributed by atoms with E-state index in [9.17, 15) is 9.59 Å². The van der Waals surface area contributed by atoms with Crippen LogP contribution in [0.3, 0.4) is 0 Å². The van der Waals surface area contributed by atoms with E-state index in [-0.39, 0.29) is 29.8 Å². The topological polar surface area (TPSA) is 90.1 Å². The van der Waals surface area contributed by atoms with Gasteiger partial charge >= 0.3 is 0 Å². The van der Waals surface area contributed by atoms with Crippen LogP contribution in [-0.4, -0.2) is 52.4 Å². The van der Waals surface area contributed by atoms with Gasteiger partial charge in [-0.25, -0.2) is 4.98 Å². The van der Waals surface area contributed by atoms with Gasteiger partial charge in [0, 0.05) is 6.54 Å². The summed E-state index contributed by atoms with van der Waals surface area (Å²) in [6, 6.07) is 5.38. The number of hydrogen-bond acceptors (Lipinski definition) is 4. The second-order valence-electron chi connectivity index (χ2n) is 10.1. The highest BCUT2D eigenvalue weighted by Crippen LogP contribution is 2.35. The number of benzene rings is 1. The molecule has 2 heterocycles. The maximum Gasteiger partial charge on any atom is 0.246 e. The normalized spacial score (nSPS) is 21.5. The smallest absolute Gasteiger partial charge is 0.246 e. The van der Waals surface area contributed by atoms with Crippen LogP contribution in [0.25, 0.3) is 11.0 Å². The minimum Gasteiger partial charge on any atom is -0.343 e. The Labute approximate surface area is 197 Å². The zero-order valence-corrected chi connectivity index (χ0v) is 20.5. The van der Waals surface area contributed by atoms with Gasteiger partial charge in [0.15, 0.2) is 0 Å². The molecule has 0 bridgehead atoms.